The molecule has 1 aromatic heterocycles. The number of hydrogen-bond acceptors (Lipinski definition) is 3. The first-order chi connectivity index (χ1) is 11.7. The first-order valence-corrected chi connectivity index (χ1v) is 8.43. The Kier molecular flexibility index (Phi) is 3.84. The van der Waals surface area contributed by atoms with Crippen molar-refractivity contribution in [3.8, 4) is 0 Å². The van der Waals surface area contributed by atoms with Crippen molar-refractivity contribution >= 4 is 17.5 Å². The summed E-state index contributed by atoms with van der Waals surface area (Å²) in [5, 5.41) is 3.00. The first-order valence-electron chi connectivity index (χ1n) is 8.43. The van der Waals surface area contributed by atoms with Gasteiger partial charge in [-0.1, -0.05) is 12.1 Å². The topological polar surface area (TPSA) is 62.6 Å². The van der Waals surface area contributed by atoms with Crippen LogP contribution < -0.4 is 10.2 Å². The lowest BCUT2D eigenvalue weighted by Gasteiger charge is -2.16. The summed E-state index contributed by atoms with van der Waals surface area (Å²) in [6.45, 7) is 1.26. The van der Waals surface area contributed by atoms with Crippen LogP contribution >= 0.6 is 0 Å². The predicted octanol–water partition coefficient (Wildman–Crippen LogP) is 2.83. The van der Waals surface area contributed by atoms with Crippen molar-refractivity contribution in [2.24, 2.45) is 5.92 Å². The fourth-order valence-electron chi connectivity index (χ4n) is 3.38. The SMILES string of the molecule is O=C(NCc1cccc(N2CCCC2=O)c1)[C@H]1C[C@H]1c1ccco1. The summed E-state index contributed by atoms with van der Waals surface area (Å²) >= 11 is 0. The number of anilines is 1. The lowest BCUT2D eigenvalue weighted by Crippen LogP contribution is -2.26. The van der Waals surface area contributed by atoms with Crippen LogP contribution in [0.1, 0.15) is 36.5 Å². The minimum Gasteiger partial charge on any atom is -0.469 e. The zero-order valence-corrected chi connectivity index (χ0v) is 13.4. The van der Waals surface area contributed by atoms with Crippen molar-refractivity contribution in [3.05, 3.63) is 54.0 Å². The Labute approximate surface area is 140 Å². The molecule has 1 N–H and O–H groups in total. The summed E-state index contributed by atoms with van der Waals surface area (Å²) in [5.74, 6) is 1.37. The molecule has 2 aliphatic rings. The van der Waals surface area contributed by atoms with E-state index in [2.05, 4.69) is 5.32 Å². The molecule has 0 radical (unpaired) electrons. The van der Waals surface area contributed by atoms with Gasteiger partial charge in [0.2, 0.25) is 11.8 Å². The van der Waals surface area contributed by atoms with Gasteiger partial charge in [-0.2, -0.15) is 0 Å². The second-order valence-corrected chi connectivity index (χ2v) is 6.50. The van der Waals surface area contributed by atoms with E-state index in [1.54, 1.807) is 6.26 Å². The Morgan fingerprint density at radius 3 is 2.96 bits per heavy atom. The highest BCUT2D eigenvalue weighted by molar-refractivity contribution is 5.95. The summed E-state index contributed by atoms with van der Waals surface area (Å²) in [7, 11) is 0. The highest BCUT2D eigenvalue weighted by atomic mass is 16.3. The Bertz CT molecular complexity index is 754. The van der Waals surface area contributed by atoms with Crippen LogP contribution in [-0.4, -0.2) is 18.4 Å². The molecule has 4 rings (SSSR count). The van der Waals surface area contributed by atoms with E-state index in [1.165, 1.54) is 0 Å². The minimum atomic E-state index is 0.0134. The summed E-state index contributed by atoms with van der Waals surface area (Å²) in [4.78, 5) is 25.9. The number of rotatable bonds is 5. The monoisotopic (exact) mass is 324 g/mol. The molecule has 0 spiro atoms. The standard InChI is InChI=1S/C19H20N2O3/c22-18-7-2-8-21(18)14-5-1-4-13(10-14)12-20-19(23)16-11-15(16)17-6-3-9-24-17/h1,3-6,9-10,15-16H,2,7-8,11-12H2,(H,20,23)/t15-,16+/m1/s1. The van der Waals surface area contributed by atoms with Crippen LogP contribution in [0.4, 0.5) is 5.69 Å². The molecule has 5 heteroatoms. The summed E-state index contributed by atoms with van der Waals surface area (Å²) in [5.41, 5.74) is 1.93. The van der Waals surface area contributed by atoms with Crippen LogP contribution in [0.2, 0.25) is 0 Å². The molecule has 124 valence electrons. The van der Waals surface area contributed by atoms with Crippen molar-refractivity contribution in [1.82, 2.24) is 5.32 Å². The van der Waals surface area contributed by atoms with Crippen LogP contribution in [0, 0.1) is 5.92 Å². The van der Waals surface area contributed by atoms with Crippen LogP contribution in [0.15, 0.2) is 47.1 Å². The first kappa shape index (κ1) is 15.0. The average Bonchev–Trinajstić information content (AvgIpc) is 3.00. The molecule has 24 heavy (non-hydrogen) atoms. The third kappa shape index (κ3) is 2.94. The quantitative estimate of drug-likeness (QED) is 0.920. The molecule has 5 nitrogen and oxygen atoms in total. The maximum Gasteiger partial charge on any atom is 0.227 e. The third-order valence-corrected chi connectivity index (χ3v) is 4.80. The molecule has 2 amide bonds. The van der Waals surface area contributed by atoms with Crippen LogP contribution in [0.25, 0.3) is 0 Å². The molecule has 0 bridgehead atoms. The van der Waals surface area contributed by atoms with E-state index >= 15 is 0 Å². The van der Waals surface area contributed by atoms with Gasteiger partial charge in [-0.05, 0) is 42.7 Å². The predicted molar refractivity (Wildman–Crippen MR) is 89.4 cm³/mol. The van der Waals surface area contributed by atoms with Gasteiger partial charge in [-0.25, -0.2) is 0 Å². The number of carbonyl (C=O) groups is 2. The molecular weight excluding hydrogens is 304 g/mol. The smallest absolute Gasteiger partial charge is 0.227 e. The zero-order valence-electron chi connectivity index (χ0n) is 13.4. The number of furan rings is 1. The van der Waals surface area contributed by atoms with Crippen LogP contribution in [-0.2, 0) is 16.1 Å². The number of hydrogen-bond donors (Lipinski definition) is 1. The Balaban J connectivity index is 1.35. The number of nitrogens with zero attached hydrogens (tertiary/aromatic N) is 1. The molecule has 0 unspecified atom stereocenters. The largest absolute Gasteiger partial charge is 0.469 e. The van der Waals surface area contributed by atoms with E-state index in [0.29, 0.717) is 13.0 Å². The summed E-state index contributed by atoms with van der Waals surface area (Å²) < 4.78 is 5.37. The van der Waals surface area contributed by atoms with Gasteiger partial charge in [0.15, 0.2) is 0 Å². The normalized spacial score (nSPS) is 22.7. The lowest BCUT2D eigenvalue weighted by molar-refractivity contribution is -0.122. The molecule has 1 aliphatic carbocycles. The van der Waals surface area contributed by atoms with E-state index in [4.69, 9.17) is 4.42 Å². The Hall–Kier alpha value is -2.56. The van der Waals surface area contributed by atoms with Gasteiger partial charge < -0.3 is 14.6 Å². The van der Waals surface area contributed by atoms with Gasteiger partial charge >= 0.3 is 0 Å². The Morgan fingerprint density at radius 1 is 1.29 bits per heavy atom. The van der Waals surface area contributed by atoms with E-state index in [0.717, 1.165) is 36.4 Å². The average molecular weight is 324 g/mol. The van der Waals surface area contributed by atoms with Crippen molar-refractivity contribution in [3.63, 3.8) is 0 Å². The number of nitrogens with one attached hydrogen (secondary N) is 1. The highest BCUT2D eigenvalue weighted by Gasteiger charge is 2.45. The number of amides is 2. The van der Waals surface area contributed by atoms with Crippen molar-refractivity contribution in [2.45, 2.75) is 31.7 Å². The lowest BCUT2D eigenvalue weighted by atomic mass is 10.1. The Morgan fingerprint density at radius 2 is 2.21 bits per heavy atom. The maximum atomic E-state index is 12.3. The minimum absolute atomic E-state index is 0.0134. The van der Waals surface area contributed by atoms with Crippen molar-refractivity contribution in [1.29, 1.82) is 0 Å². The van der Waals surface area contributed by atoms with E-state index in [-0.39, 0.29) is 23.7 Å². The van der Waals surface area contributed by atoms with Gasteiger partial charge in [0.25, 0.3) is 0 Å². The van der Waals surface area contributed by atoms with Crippen molar-refractivity contribution in [2.75, 3.05) is 11.4 Å². The number of benzene rings is 1. The molecule has 2 fully saturated rings. The molecule has 2 heterocycles. The fourth-order valence-corrected chi connectivity index (χ4v) is 3.38. The number of carbonyl (C=O) groups excluding carboxylic acids is 2. The van der Waals surface area contributed by atoms with E-state index in [1.807, 2.05) is 41.3 Å². The van der Waals surface area contributed by atoms with Crippen molar-refractivity contribution < 1.29 is 14.0 Å². The molecule has 2 atom stereocenters. The second-order valence-electron chi connectivity index (χ2n) is 6.50. The van der Waals surface area contributed by atoms with Gasteiger partial charge in [0, 0.05) is 37.0 Å². The second kappa shape index (κ2) is 6.15. The fraction of sp³-hybridized carbons (Fsp3) is 0.368. The maximum absolute atomic E-state index is 12.3. The van der Waals surface area contributed by atoms with Gasteiger partial charge in [0.05, 0.1) is 6.26 Å². The van der Waals surface area contributed by atoms with Gasteiger partial charge in [0.1, 0.15) is 5.76 Å². The zero-order chi connectivity index (χ0) is 16.5. The highest BCUT2D eigenvalue weighted by Crippen LogP contribution is 2.47. The molecule has 1 saturated carbocycles. The molecular formula is C19H20N2O3. The van der Waals surface area contributed by atoms with E-state index in [9.17, 15) is 9.59 Å². The summed E-state index contributed by atoms with van der Waals surface area (Å²) in [6, 6.07) is 11.6. The van der Waals surface area contributed by atoms with E-state index < -0.39 is 0 Å². The summed E-state index contributed by atoms with van der Waals surface area (Å²) in [6.07, 6.45) is 4.03. The molecule has 1 aromatic carbocycles. The molecule has 1 saturated heterocycles. The third-order valence-electron chi connectivity index (χ3n) is 4.80. The van der Waals surface area contributed by atoms with Gasteiger partial charge in [-0.15, -0.1) is 0 Å². The van der Waals surface area contributed by atoms with Gasteiger partial charge in [-0.3, -0.25) is 9.59 Å². The molecule has 2 aromatic rings. The molecule has 1 aliphatic heterocycles. The van der Waals surface area contributed by atoms with Crippen LogP contribution in [0.5, 0.6) is 0 Å². The van der Waals surface area contributed by atoms with Crippen LogP contribution in [0.3, 0.4) is 0 Å².